The number of H-pyrrole nitrogens is 1. The Labute approximate surface area is 84.6 Å². The van der Waals surface area contributed by atoms with Crippen LogP contribution in [0.4, 0.5) is 0 Å². The number of rotatable bonds is 2. The van der Waals surface area contributed by atoms with Gasteiger partial charge in [0.1, 0.15) is 5.82 Å². The molecule has 0 spiro atoms. The van der Waals surface area contributed by atoms with E-state index in [0.29, 0.717) is 5.92 Å². The molecular formula is C11H18N2O. The fraction of sp³-hybridized carbons (Fsp3) is 0.727. The number of aliphatic hydroxyl groups is 1. The maximum Gasteiger partial charge on any atom is 0.109 e. The predicted octanol–water partition coefficient (Wildman–Crippen LogP) is 2.34. The first kappa shape index (κ1) is 9.71. The lowest BCUT2D eigenvalue weighted by Crippen LogP contribution is -1.99. The summed E-state index contributed by atoms with van der Waals surface area (Å²) in [5.41, 5.74) is 0.837. The minimum absolute atomic E-state index is 0.0692. The second kappa shape index (κ2) is 4.60. The fourth-order valence-corrected chi connectivity index (χ4v) is 2.22. The van der Waals surface area contributed by atoms with Crippen LogP contribution in [0.15, 0.2) is 6.20 Å². The second-order valence-corrected chi connectivity index (χ2v) is 4.14. The molecule has 1 heterocycles. The highest BCUT2D eigenvalue weighted by atomic mass is 16.3. The van der Waals surface area contributed by atoms with E-state index in [-0.39, 0.29) is 6.61 Å². The van der Waals surface area contributed by atoms with Crippen molar-refractivity contribution in [1.29, 1.82) is 0 Å². The van der Waals surface area contributed by atoms with Crippen molar-refractivity contribution < 1.29 is 5.11 Å². The van der Waals surface area contributed by atoms with Crippen molar-refractivity contribution in [2.45, 2.75) is 51.0 Å². The monoisotopic (exact) mass is 194 g/mol. The minimum Gasteiger partial charge on any atom is -0.390 e. The Bertz CT molecular complexity index is 275. The van der Waals surface area contributed by atoms with Gasteiger partial charge in [-0.3, -0.25) is 0 Å². The van der Waals surface area contributed by atoms with E-state index in [2.05, 4.69) is 9.97 Å². The highest BCUT2D eigenvalue weighted by Gasteiger charge is 2.16. The van der Waals surface area contributed by atoms with Crippen LogP contribution in [0.5, 0.6) is 0 Å². The van der Waals surface area contributed by atoms with Crippen molar-refractivity contribution in [3.8, 4) is 0 Å². The molecule has 1 aromatic rings. The third kappa shape index (κ3) is 2.15. The maximum absolute atomic E-state index is 8.93. The van der Waals surface area contributed by atoms with Gasteiger partial charge in [-0.05, 0) is 12.8 Å². The summed E-state index contributed by atoms with van der Waals surface area (Å²) in [5.74, 6) is 1.67. The van der Waals surface area contributed by atoms with Crippen molar-refractivity contribution in [2.24, 2.45) is 0 Å². The number of imidazole rings is 1. The molecule has 14 heavy (non-hydrogen) atoms. The summed E-state index contributed by atoms with van der Waals surface area (Å²) in [6, 6.07) is 0. The molecule has 3 heteroatoms. The van der Waals surface area contributed by atoms with Crippen molar-refractivity contribution in [3.05, 3.63) is 17.7 Å². The van der Waals surface area contributed by atoms with Crippen LogP contribution in [0.3, 0.4) is 0 Å². The largest absolute Gasteiger partial charge is 0.390 e. The van der Waals surface area contributed by atoms with E-state index in [1.165, 1.54) is 38.5 Å². The van der Waals surface area contributed by atoms with E-state index in [0.717, 1.165) is 11.5 Å². The Morgan fingerprint density at radius 3 is 2.57 bits per heavy atom. The molecule has 0 atom stereocenters. The Hall–Kier alpha value is -0.830. The number of nitrogens with zero attached hydrogens (tertiary/aromatic N) is 1. The van der Waals surface area contributed by atoms with Crippen LogP contribution in [0, 0.1) is 0 Å². The highest BCUT2D eigenvalue weighted by Crippen LogP contribution is 2.29. The van der Waals surface area contributed by atoms with Crippen molar-refractivity contribution >= 4 is 0 Å². The van der Waals surface area contributed by atoms with Gasteiger partial charge in [0.15, 0.2) is 0 Å². The molecule has 2 rings (SSSR count). The Kier molecular flexibility index (Phi) is 3.19. The first-order valence-electron chi connectivity index (χ1n) is 5.55. The molecule has 2 N–H and O–H groups in total. The van der Waals surface area contributed by atoms with E-state index in [9.17, 15) is 0 Å². The zero-order valence-corrected chi connectivity index (χ0v) is 8.50. The molecule has 1 saturated carbocycles. The first-order chi connectivity index (χ1) is 6.90. The topological polar surface area (TPSA) is 48.9 Å². The van der Waals surface area contributed by atoms with E-state index >= 15 is 0 Å². The van der Waals surface area contributed by atoms with Crippen LogP contribution in [0.2, 0.25) is 0 Å². The van der Waals surface area contributed by atoms with Crippen LogP contribution in [0.25, 0.3) is 0 Å². The van der Waals surface area contributed by atoms with Crippen LogP contribution in [-0.4, -0.2) is 15.1 Å². The molecule has 0 saturated heterocycles. The predicted molar refractivity (Wildman–Crippen MR) is 55.0 cm³/mol. The number of nitrogens with one attached hydrogen (secondary N) is 1. The van der Waals surface area contributed by atoms with Gasteiger partial charge >= 0.3 is 0 Å². The minimum atomic E-state index is 0.0692. The average Bonchev–Trinajstić information content (AvgIpc) is 2.53. The van der Waals surface area contributed by atoms with Gasteiger partial charge in [0.05, 0.1) is 18.5 Å². The quantitative estimate of drug-likeness (QED) is 0.710. The molecule has 0 radical (unpaired) electrons. The SMILES string of the molecule is OCc1cnc(C2CCCCCC2)[nH]1. The van der Waals surface area contributed by atoms with Crippen molar-refractivity contribution in [2.75, 3.05) is 0 Å². The number of hydrogen-bond acceptors (Lipinski definition) is 2. The van der Waals surface area contributed by atoms with E-state index in [1.807, 2.05) is 0 Å². The Balaban J connectivity index is 2.04. The van der Waals surface area contributed by atoms with Gasteiger partial charge in [-0.2, -0.15) is 0 Å². The summed E-state index contributed by atoms with van der Waals surface area (Å²) < 4.78 is 0. The van der Waals surface area contributed by atoms with Crippen LogP contribution in [0.1, 0.15) is 56.0 Å². The molecule has 3 nitrogen and oxygen atoms in total. The Morgan fingerprint density at radius 1 is 1.29 bits per heavy atom. The molecule has 78 valence electrons. The van der Waals surface area contributed by atoms with Crippen LogP contribution in [-0.2, 0) is 6.61 Å². The van der Waals surface area contributed by atoms with E-state index in [4.69, 9.17) is 5.11 Å². The summed E-state index contributed by atoms with van der Waals surface area (Å²) in [5, 5.41) is 8.93. The van der Waals surface area contributed by atoms with Crippen molar-refractivity contribution in [1.82, 2.24) is 9.97 Å². The molecule has 0 bridgehead atoms. The molecule has 0 aliphatic heterocycles. The first-order valence-corrected chi connectivity index (χ1v) is 5.55. The fourth-order valence-electron chi connectivity index (χ4n) is 2.22. The van der Waals surface area contributed by atoms with Gasteiger partial charge in [-0.15, -0.1) is 0 Å². The molecule has 1 fully saturated rings. The number of aromatic amines is 1. The zero-order chi connectivity index (χ0) is 9.80. The van der Waals surface area contributed by atoms with Gasteiger partial charge in [0.2, 0.25) is 0 Å². The van der Waals surface area contributed by atoms with Crippen LogP contribution >= 0.6 is 0 Å². The summed E-state index contributed by atoms with van der Waals surface area (Å²) >= 11 is 0. The van der Waals surface area contributed by atoms with E-state index < -0.39 is 0 Å². The summed E-state index contributed by atoms with van der Waals surface area (Å²) in [6.07, 6.45) is 9.62. The third-order valence-electron chi connectivity index (χ3n) is 3.06. The normalized spacial score (nSPS) is 19.5. The molecule has 1 aliphatic rings. The number of aliphatic hydroxyl groups excluding tert-OH is 1. The number of hydrogen-bond donors (Lipinski definition) is 2. The summed E-state index contributed by atoms with van der Waals surface area (Å²) in [7, 11) is 0. The summed E-state index contributed by atoms with van der Waals surface area (Å²) in [6.45, 7) is 0.0692. The van der Waals surface area contributed by atoms with Crippen LogP contribution < -0.4 is 0 Å². The lowest BCUT2D eigenvalue weighted by molar-refractivity contribution is 0.277. The molecular weight excluding hydrogens is 176 g/mol. The smallest absolute Gasteiger partial charge is 0.109 e. The van der Waals surface area contributed by atoms with E-state index in [1.54, 1.807) is 6.20 Å². The average molecular weight is 194 g/mol. The summed E-state index contributed by atoms with van der Waals surface area (Å²) in [4.78, 5) is 7.54. The van der Waals surface area contributed by atoms with Gasteiger partial charge in [0.25, 0.3) is 0 Å². The maximum atomic E-state index is 8.93. The molecule has 1 aliphatic carbocycles. The van der Waals surface area contributed by atoms with Gasteiger partial charge in [-0.1, -0.05) is 25.7 Å². The Morgan fingerprint density at radius 2 is 2.00 bits per heavy atom. The van der Waals surface area contributed by atoms with Gasteiger partial charge in [0, 0.05) is 5.92 Å². The lowest BCUT2D eigenvalue weighted by Gasteiger charge is -2.09. The van der Waals surface area contributed by atoms with Crippen molar-refractivity contribution in [3.63, 3.8) is 0 Å². The molecule has 0 amide bonds. The lowest BCUT2D eigenvalue weighted by atomic mass is 10.00. The highest BCUT2D eigenvalue weighted by molar-refractivity contribution is 5.04. The second-order valence-electron chi connectivity index (χ2n) is 4.14. The molecule has 0 aromatic carbocycles. The third-order valence-corrected chi connectivity index (χ3v) is 3.06. The molecule has 0 unspecified atom stereocenters. The standard InChI is InChI=1S/C11H18N2O/c14-8-10-7-12-11(13-10)9-5-3-1-2-4-6-9/h7,9,14H,1-6,8H2,(H,12,13). The van der Waals surface area contributed by atoms with Gasteiger partial charge < -0.3 is 10.1 Å². The zero-order valence-electron chi connectivity index (χ0n) is 8.50. The number of aromatic nitrogens is 2. The molecule has 1 aromatic heterocycles. The van der Waals surface area contributed by atoms with Gasteiger partial charge in [-0.25, -0.2) is 4.98 Å².